The van der Waals surface area contributed by atoms with E-state index < -0.39 is 23.8 Å². The molecule has 0 saturated carbocycles. The average molecular weight is 480 g/mol. The van der Waals surface area contributed by atoms with Gasteiger partial charge in [0.05, 0.1) is 32.5 Å². The number of ether oxygens (including phenoxy) is 4. The molecule has 9 nitrogen and oxygen atoms in total. The van der Waals surface area contributed by atoms with Crippen LogP contribution in [0, 0.1) is 0 Å². The zero-order valence-corrected chi connectivity index (χ0v) is 19.5. The van der Waals surface area contributed by atoms with Gasteiger partial charge in [-0.3, -0.25) is 14.5 Å². The summed E-state index contributed by atoms with van der Waals surface area (Å²) in [6.07, 6.45) is 1.43. The first-order valence-corrected chi connectivity index (χ1v) is 11.6. The van der Waals surface area contributed by atoms with Crippen LogP contribution in [0.15, 0.2) is 47.4 Å². The number of imide groups is 1. The van der Waals surface area contributed by atoms with Crippen LogP contribution in [-0.4, -0.2) is 84.0 Å². The monoisotopic (exact) mass is 479 g/mol. The normalized spacial score (nSPS) is 27.2. The summed E-state index contributed by atoms with van der Waals surface area (Å²) in [7, 11) is 0. The number of carbonyl (C=O) groups is 3. The van der Waals surface area contributed by atoms with Gasteiger partial charge in [-0.25, -0.2) is 4.79 Å². The van der Waals surface area contributed by atoms with E-state index >= 15 is 0 Å². The molecular weight excluding hydrogens is 450 g/mol. The van der Waals surface area contributed by atoms with E-state index in [1.54, 1.807) is 13.8 Å². The van der Waals surface area contributed by atoms with Gasteiger partial charge in [-0.15, -0.1) is 0 Å². The molecule has 1 aromatic carbocycles. The van der Waals surface area contributed by atoms with Crippen LogP contribution in [0.4, 0.5) is 0 Å². The second-order valence-corrected chi connectivity index (χ2v) is 9.23. The summed E-state index contributed by atoms with van der Waals surface area (Å²) in [5.41, 5.74) is -1.51. The van der Waals surface area contributed by atoms with E-state index in [1.807, 2.05) is 30.3 Å². The molecule has 2 amide bonds. The van der Waals surface area contributed by atoms with E-state index in [9.17, 15) is 19.5 Å². The summed E-state index contributed by atoms with van der Waals surface area (Å²) >= 11 is 1.52. The maximum atomic E-state index is 12.2. The lowest BCUT2D eigenvalue weighted by Gasteiger charge is -2.43. The van der Waals surface area contributed by atoms with Gasteiger partial charge in [0, 0.05) is 23.5 Å². The van der Waals surface area contributed by atoms with Crippen molar-refractivity contribution in [1.29, 1.82) is 0 Å². The largest absolute Gasteiger partial charge is 0.455 e. The van der Waals surface area contributed by atoms with Crippen molar-refractivity contribution >= 4 is 29.5 Å². The van der Waals surface area contributed by atoms with Crippen LogP contribution < -0.4 is 0 Å². The van der Waals surface area contributed by atoms with Gasteiger partial charge >= 0.3 is 5.97 Å². The van der Waals surface area contributed by atoms with Gasteiger partial charge in [0.25, 0.3) is 11.8 Å². The second kappa shape index (κ2) is 11.8. The maximum Gasteiger partial charge on any atom is 0.332 e. The fourth-order valence-corrected chi connectivity index (χ4v) is 4.89. The highest BCUT2D eigenvalue weighted by molar-refractivity contribution is 7.99. The van der Waals surface area contributed by atoms with E-state index in [0.717, 1.165) is 9.80 Å². The van der Waals surface area contributed by atoms with E-state index in [2.05, 4.69) is 0 Å². The van der Waals surface area contributed by atoms with Crippen LogP contribution in [0.3, 0.4) is 0 Å². The Morgan fingerprint density at radius 1 is 1.15 bits per heavy atom. The molecule has 2 aliphatic rings. The van der Waals surface area contributed by atoms with Crippen molar-refractivity contribution in [3.63, 3.8) is 0 Å². The van der Waals surface area contributed by atoms with Gasteiger partial charge in [0.15, 0.2) is 6.10 Å². The number of thioether (sulfide) groups is 1. The molecule has 3 rings (SSSR count). The third kappa shape index (κ3) is 7.38. The highest BCUT2D eigenvalue weighted by Crippen LogP contribution is 2.38. The van der Waals surface area contributed by atoms with Crippen molar-refractivity contribution in [3.8, 4) is 0 Å². The first kappa shape index (κ1) is 25.4. The lowest BCUT2D eigenvalue weighted by molar-refractivity contribution is -0.211. The molecule has 1 saturated heterocycles. The minimum Gasteiger partial charge on any atom is -0.455 e. The van der Waals surface area contributed by atoms with Crippen molar-refractivity contribution in [1.82, 2.24) is 4.90 Å². The van der Waals surface area contributed by atoms with Crippen molar-refractivity contribution in [2.45, 2.75) is 48.4 Å². The average Bonchev–Trinajstić information content (AvgIpc) is 3.08. The van der Waals surface area contributed by atoms with Crippen molar-refractivity contribution in [2.75, 3.05) is 33.0 Å². The Hall–Kier alpha value is -2.24. The van der Waals surface area contributed by atoms with Gasteiger partial charge in [-0.2, -0.15) is 0 Å². The second-order valence-electron chi connectivity index (χ2n) is 8.00. The zero-order chi connectivity index (χ0) is 23.8. The Morgan fingerprint density at radius 2 is 1.82 bits per heavy atom. The highest BCUT2D eigenvalue weighted by atomic mass is 32.2. The fraction of sp³-hybridized carbons (Fsp3) is 0.522. The van der Waals surface area contributed by atoms with Crippen LogP contribution in [0.5, 0.6) is 0 Å². The van der Waals surface area contributed by atoms with Crippen molar-refractivity contribution < 1.29 is 38.4 Å². The van der Waals surface area contributed by atoms with Crippen LogP contribution >= 0.6 is 11.8 Å². The van der Waals surface area contributed by atoms with E-state index in [1.165, 1.54) is 23.9 Å². The van der Waals surface area contributed by atoms with Crippen molar-refractivity contribution in [3.05, 3.63) is 42.5 Å². The van der Waals surface area contributed by atoms with E-state index in [-0.39, 0.29) is 50.2 Å². The minimum absolute atomic E-state index is 0.137. The van der Waals surface area contributed by atoms with Crippen LogP contribution in [0.1, 0.15) is 20.3 Å². The maximum absolute atomic E-state index is 12.2. The lowest BCUT2D eigenvalue weighted by Crippen LogP contribution is -2.56. The summed E-state index contributed by atoms with van der Waals surface area (Å²) in [5.74, 6) is -1.32. The van der Waals surface area contributed by atoms with Gasteiger partial charge < -0.3 is 24.1 Å². The minimum atomic E-state index is -1.25. The molecule has 0 aliphatic carbocycles. The lowest BCUT2D eigenvalue weighted by atomic mass is 9.89. The summed E-state index contributed by atoms with van der Waals surface area (Å²) in [4.78, 5) is 37.2. The summed E-state index contributed by atoms with van der Waals surface area (Å²) in [6, 6.07) is 9.77. The number of rotatable bonds is 11. The molecule has 4 unspecified atom stereocenters. The van der Waals surface area contributed by atoms with Gasteiger partial charge in [0.2, 0.25) is 0 Å². The summed E-state index contributed by atoms with van der Waals surface area (Å²) in [6.45, 7) is 3.78. The van der Waals surface area contributed by atoms with Crippen LogP contribution in [-0.2, 0) is 33.3 Å². The molecule has 0 bridgehead atoms. The predicted molar refractivity (Wildman–Crippen MR) is 119 cm³/mol. The number of carbonyl (C=O) groups excluding carboxylic acids is 3. The molecule has 1 N–H and O–H groups in total. The zero-order valence-electron chi connectivity index (χ0n) is 18.7. The Balaban J connectivity index is 1.32. The molecule has 4 atom stereocenters. The fourth-order valence-electron chi connectivity index (χ4n) is 3.62. The molecule has 33 heavy (non-hydrogen) atoms. The molecule has 1 aromatic rings. The van der Waals surface area contributed by atoms with Crippen LogP contribution in [0.25, 0.3) is 0 Å². The van der Waals surface area contributed by atoms with Crippen LogP contribution in [0.2, 0.25) is 0 Å². The third-order valence-electron chi connectivity index (χ3n) is 5.21. The molecular formula is C23H29NO8S. The number of hydrogen-bond donors (Lipinski definition) is 1. The Morgan fingerprint density at radius 3 is 2.48 bits per heavy atom. The topological polar surface area (TPSA) is 112 Å². The Labute approximate surface area is 197 Å². The van der Waals surface area contributed by atoms with Crippen molar-refractivity contribution in [2.24, 2.45) is 0 Å². The molecule has 0 aromatic heterocycles. The third-order valence-corrected chi connectivity index (χ3v) is 6.29. The number of benzene rings is 1. The standard InChI is InChI=1S/C23H29NO8S/c1-16-22(23(2,28)14-21(31-16)33-17-6-4-3-5-7-17)32-20(27)15-30-13-12-29-11-10-24-18(25)8-9-19(24)26/h3-9,16,21-22,28H,10-15H2,1-2H3. The number of nitrogens with zero attached hydrogens (tertiary/aromatic N) is 1. The summed E-state index contributed by atoms with van der Waals surface area (Å²) in [5, 5.41) is 10.9. The first-order valence-electron chi connectivity index (χ1n) is 10.7. The number of esters is 1. The quantitative estimate of drug-likeness (QED) is 0.287. The molecule has 180 valence electrons. The first-order chi connectivity index (χ1) is 15.8. The molecule has 2 heterocycles. The van der Waals surface area contributed by atoms with Gasteiger partial charge in [-0.05, 0) is 26.0 Å². The summed E-state index contributed by atoms with van der Waals surface area (Å²) < 4.78 is 22.0. The van der Waals surface area contributed by atoms with Gasteiger partial charge in [0.1, 0.15) is 17.6 Å². The molecule has 10 heteroatoms. The SMILES string of the molecule is CC1OC(Sc2ccccc2)CC(C)(O)C1OC(=O)COCCOCCN1C(=O)C=CC1=O. The van der Waals surface area contributed by atoms with E-state index in [0.29, 0.717) is 6.42 Å². The number of hydrogen-bond acceptors (Lipinski definition) is 9. The predicted octanol–water partition coefficient (Wildman–Crippen LogP) is 1.53. The Bertz CT molecular complexity index is 841. The van der Waals surface area contributed by atoms with E-state index in [4.69, 9.17) is 18.9 Å². The smallest absolute Gasteiger partial charge is 0.332 e. The number of amides is 2. The molecule has 0 radical (unpaired) electrons. The number of aliphatic hydroxyl groups is 1. The molecule has 2 aliphatic heterocycles. The van der Waals surface area contributed by atoms with Gasteiger partial charge in [-0.1, -0.05) is 30.0 Å². The Kier molecular flexibility index (Phi) is 9.04. The molecule has 0 spiro atoms. The molecule has 1 fully saturated rings. The highest BCUT2D eigenvalue weighted by Gasteiger charge is 2.46.